The van der Waals surface area contributed by atoms with E-state index in [0.717, 1.165) is 11.8 Å². The molecule has 3 rings (SSSR count). The average Bonchev–Trinajstić information content (AvgIpc) is 3.01. The molecule has 1 aliphatic rings. The van der Waals surface area contributed by atoms with Gasteiger partial charge in [0.15, 0.2) is 10.9 Å². The van der Waals surface area contributed by atoms with E-state index in [1.807, 2.05) is 24.3 Å². The second kappa shape index (κ2) is 7.21. The van der Waals surface area contributed by atoms with Gasteiger partial charge in [0.1, 0.15) is 5.58 Å². The number of para-hydroxylation sites is 1. The summed E-state index contributed by atoms with van der Waals surface area (Å²) in [5, 5.41) is 4.64. The predicted octanol–water partition coefficient (Wildman–Crippen LogP) is 3.37. The van der Waals surface area contributed by atoms with Crippen LogP contribution < -0.4 is 16.2 Å². The van der Waals surface area contributed by atoms with E-state index >= 15 is 0 Å². The van der Waals surface area contributed by atoms with E-state index in [2.05, 4.69) is 30.0 Å². The number of carbonyl (C=O) groups is 1. The molecular weight excluding hydrogens is 322 g/mol. The number of hydrogen-bond donors (Lipinski definition) is 3. The normalized spacial score (nSPS) is 23.7. The number of fused-ring (bicyclic) bond motifs is 1. The fraction of sp³-hybridized carbons (Fsp3) is 0.444. The summed E-state index contributed by atoms with van der Waals surface area (Å²) in [6.45, 7) is 4.52. The average molecular weight is 345 g/mol. The molecule has 128 valence electrons. The molecule has 0 radical (unpaired) electrons. The Morgan fingerprint density at radius 3 is 2.79 bits per heavy atom. The first-order chi connectivity index (χ1) is 11.5. The quantitative estimate of drug-likeness (QED) is 0.575. The van der Waals surface area contributed by atoms with E-state index in [4.69, 9.17) is 16.6 Å². The summed E-state index contributed by atoms with van der Waals surface area (Å²) in [7, 11) is 0. The lowest BCUT2D eigenvalue weighted by atomic mass is 9.78. The van der Waals surface area contributed by atoms with Gasteiger partial charge in [-0.2, -0.15) is 0 Å². The first kappa shape index (κ1) is 16.8. The van der Waals surface area contributed by atoms with Gasteiger partial charge in [0, 0.05) is 11.4 Å². The first-order valence-electron chi connectivity index (χ1n) is 8.40. The molecule has 2 aromatic rings. The lowest BCUT2D eigenvalue weighted by Crippen LogP contribution is -2.52. The fourth-order valence-corrected chi connectivity index (χ4v) is 3.46. The zero-order valence-electron chi connectivity index (χ0n) is 14.0. The van der Waals surface area contributed by atoms with Gasteiger partial charge in [0.05, 0.1) is 0 Å². The van der Waals surface area contributed by atoms with Crippen molar-refractivity contribution in [2.45, 2.75) is 39.2 Å². The van der Waals surface area contributed by atoms with Crippen molar-refractivity contribution < 1.29 is 9.21 Å². The number of nitrogens with one attached hydrogen (secondary N) is 3. The lowest BCUT2D eigenvalue weighted by Gasteiger charge is -2.35. The standard InChI is InChI=1S/C18H23N3O2S/c1-11-6-5-8-14(12(11)2)19-18(24)21-20-17(22)16-10-13-7-3-4-9-15(13)23-16/h3-4,7,9-12,14H,5-6,8H2,1-2H3,(H,20,22)(H2,19,21,24)/t11-,12+,14-/m0/s1. The number of furan rings is 1. The highest BCUT2D eigenvalue weighted by atomic mass is 32.1. The summed E-state index contributed by atoms with van der Waals surface area (Å²) in [4.78, 5) is 12.2. The molecule has 0 saturated heterocycles. The van der Waals surface area contributed by atoms with Gasteiger partial charge >= 0.3 is 5.91 Å². The van der Waals surface area contributed by atoms with Crippen molar-refractivity contribution in [3.63, 3.8) is 0 Å². The van der Waals surface area contributed by atoms with Gasteiger partial charge < -0.3 is 9.73 Å². The van der Waals surface area contributed by atoms with Crippen LogP contribution in [0.1, 0.15) is 43.7 Å². The van der Waals surface area contributed by atoms with Crippen LogP contribution in [0, 0.1) is 11.8 Å². The van der Waals surface area contributed by atoms with E-state index in [9.17, 15) is 4.79 Å². The summed E-state index contributed by atoms with van der Waals surface area (Å²) < 4.78 is 5.53. The Bertz CT molecular complexity index is 710. The van der Waals surface area contributed by atoms with Crippen LogP contribution in [0.3, 0.4) is 0 Å². The maximum absolute atomic E-state index is 12.2. The maximum atomic E-state index is 12.2. The zero-order valence-corrected chi connectivity index (χ0v) is 14.8. The third-order valence-electron chi connectivity index (χ3n) is 4.96. The monoisotopic (exact) mass is 345 g/mol. The van der Waals surface area contributed by atoms with Crippen LogP contribution in [0.5, 0.6) is 0 Å². The molecule has 6 heteroatoms. The fourth-order valence-electron chi connectivity index (χ4n) is 3.26. The SMILES string of the molecule is C[C@H]1[C@@H](NC(=S)NNC(=O)c2cc3ccccc3o2)CCC[C@@H]1C. The Morgan fingerprint density at radius 1 is 1.21 bits per heavy atom. The predicted molar refractivity (Wildman–Crippen MR) is 98.5 cm³/mol. The number of amides is 1. The molecule has 1 aromatic heterocycles. The number of hydrazine groups is 1. The number of hydrogen-bond acceptors (Lipinski definition) is 3. The molecule has 0 spiro atoms. The van der Waals surface area contributed by atoms with Crippen LogP contribution in [0.2, 0.25) is 0 Å². The van der Waals surface area contributed by atoms with E-state index in [1.165, 1.54) is 12.8 Å². The largest absolute Gasteiger partial charge is 0.451 e. The molecule has 5 nitrogen and oxygen atoms in total. The van der Waals surface area contributed by atoms with Gasteiger partial charge in [-0.1, -0.05) is 44.9 Å². The highest BCUT2D eigenvalue weighted by Gasteiger charge is 2.27. The molecule has 24 heavy (non-hydrogen) atoms. The summed E-state index contributed by atoms with van der Waals surface area (Å²) in [5.74, 6) is 1.15. The molecule has 1 amide bonds. The van der Waals surface area contributed by atoms with Crippen LogP contribution in [0.25, 0.3) is 11.0 Å². The second-order valence-corrected chi connectivity index (χ2v) is 6.98. The van der Waals surface area contributed by atoms with Crippen LogP contribution in [-0.2, 0) is 0 Å². The van der Waals surface area contributed by atoms with Crippen molar-refractivity contribution in [3.8, 4) is 0 Å². The molecule has 0 unspecified atom stereocenters. The summed E-state index contributed by atoms with van der Waals surface area (Å²) >= 11 is 5.29. The number of rotatable bonds is 2. The number of thiocarbonyl (C=S) groups is 1. The van der Waals surface area contributed by atoms with Crippen LogP contribution >= 0.6 is 12.2 Å². The van der Waals surface area contributed by atoms with Gasteiger partial charge in [-0.25, -0.2) is 0 Å². The highest BCUT2D eigenvalue weighted by molar-refractivity contribution is 7.80. The maximum Gasteiger partial charge on any atom is 0.305 e. The molecule has 1 aliphatic carbocycles. The molecule has 3 N–H and O–H groups in total. The second-order valence-electron chi connectivity index (χ2n) is 6.57. The van der Waals surface area contributed by atoms with E-state index in [1.54, 1.807) is 6.07 Å². The van der Waals surface area contributed by atoms with Crippen molar-refractivity contribution >= 4 is 34.2 Å². The van der Waals surface area contributed by atoms with E-state index < -0.39 is 0 Å². The Kier molecular flexibility index (Phi) is 5.04. The van der Waals surface area contributed by atoms with Crippen LogP contribution in [0.4, 0.5) is 0 Å². The van der Waals surface area contributed by atoms with Crippen molar-refractivity contribution in [2.75, 3.05) is 0 Å². The third-order valence-corrected chi connectivity index (χ3v) is 5.18. The van der Waals surface area contributed by atoms with E-state index in [0.29, 0.717) is 28.6 Å². The topological polar surface area (TPSA) is 66.3 Å². The summed E-state index contributed by atoms with van der Waals surface area (Å²) in [6.07, 6.45) is 3.57. The molecule has 0 bridgehead atoms. The Hall–Kier alpha value is -2.08. The Morgan fingerprint density at radius 2 is 2.00 bits per heavy atom. The van der Waals surface area contributed by atoms with Crippen LogP contribution in [-0.4, -0.2) is 17.1 Å². The Balaban J connectivity index is 1.53. The van der Waals surface area contributed by atoms with Gasteiger partial charge in [-0.05, 0) is 42.6 Å². The number of carbonyl (C=O) groups excluding carboxylic acids is 1. The first-order valence-corrected chi connectivity index (χ1v) is 8.81. The highest BCUT2D eigenvalue weighted by Crippen LogP contribution is 2.29. The molecule has 1 heterocycles. The summed E-state index contributed by atoms with van der Waals surface area (Å²) in [5.41, 5.74) is 6.05. The van der Waals surface area contributed by atoms with Gasteiger partial charge in [0.25, 0.3) is 0 Å². The zero-order chi connectivity index (χ0) is 17.1. The van der Waals surface area contributed by atoms with E-state index in [-0.39, 0.29) is 11.7 Å². The molecular formula is C18H23N3O2S. The summed E-state index contributed by atoms with van der Waals surface area (Å²) in [6, 6.07) is 9.57. The molecule has 1 fully saturated rings. The Labute approximate surface area is 147 Å². The smallest absolute Gasteiger partial charge is 0.305 e. The van der Waals surface area contributed by atoms with Crippen molar-refractivity contribution in [1.82, 2.24) is 16.2 Å². The minimum absolute atomic E-state index is 0.256. The van der Waals surface area contributed by atoms with Gasteiger partial charge in [0.2, 0.25) is 0 Å². The van der Waals surface area contributed by atoms with Crippen molar-refractivity contribution in [2.24, 2.45) is 11.8 Å². The van der Waals surface area contributed by atoms with Crippen molar-refractivity contribution in [1.29, 1.82) is 0 Å². The van der Waals surface area contributed by atoms with Gasteiger partial charge in [-0.3, -0.25) is 15.6 Å². The molecule has 0 aliphatic heterocycles. The minimum Gasteiger partial charge on any atom is -0.451 e. The minimum atomic E-state index is -0.347. The van der Waals surface area contributed by atoms with Crippen molar-refractivity contribution in [3.05, 3.63) is 36.1 Å². The number of benzene rings is 1. The molecule has 3 atom stereocenters. The van der Waals surface area contributed by atoms with Gasteiger partial charge in [-0.15, -0.1) is 0 Å². The molecule has 1 saturated carbocycles. The molecule has 1 aromatic carbocycles. The lowest BCUT2D eigenvalue weighted by molar-refractivity contribution is 0.0917. The third kappa shape index (κ3) is 3.70. The van der Waals surface area contributed by atoms with Crippen LogP contribution in [0.15, 0.2) is 34.7 Å².